The maximum Gasteiger partial charge on any atom is 0.120 e. The van der Waals surface area contributed by atoms with Crippen LogP contribution < -0.4 is 4.74 Å². The van der Waals surface area contributed by atoms with Crippen LogP contribution in [0, 0.1) is 11.8 Å². The van der Waals surface area contributed by atoms with Crippen molar-refractivity contribution in [1.82, 2.24) is 0 Å². The minimum Gasteiger partial charge on any atom is -0.489 e. The van der Waals surface area contributed by atoms with E-state index in [9.17, 15) is 0 Å². The van der Waals surface area contributed by atoms with Crippen LogP contribution in [0.5, 0.6) is 5.75 Å². The van der Waals surface area contributed by atoms with Gasteiger partial charge in [-0.05, 0) is 47.4 Å². The first-order valence-electron chi connectivity index (χ1n) is 9.86. The van der Waals surface area contributed by atoms with Gasteiger partial charge in [-0.3, -0.25) is 0 Å². The van der Waals surface area contributed by atoms with Gasteiger partial charge in [-0.15, -0.1) is 0 Å². The highest BCUT2D eigenvalue weighted by molar-refractivity contribution is 5.31. The maximum absolute atomic E-state index is 6.02. The van der Waals surface area contributed by atoms with Crippen LogP contribution in [-0.2, 0) is 6.61 Å². The van der Waals surface area contributed by atoms with Gasteiger partial charge >= 0.3 is 0 Å². The van der Waals surface area contributed by atoms with Gasteiger partial charge in [0.25, 0.3) is 0 Å². The van der Waals surface area contributed by atoms with Crippen molar-refractivity contribution in [2.45, 2.75) is 65.9 Å². The lowest BCUT2D eigenvalue weighted by molar-refractivity contribution is 0.305. The van der Waals surface area contributed by atoms with Crippen molar-refractivity contribution in [3.63, 3.8) is 0 Å². The molecule has 2 aromatic rings. The summed E-state index contributed by atoms with van der Waals surface area (Å²) in [5.41, 5.74) is 2.63. The van der Waals surface area contributed by atoms with Gasteiger partial charge in [0, 0.05) is 0 Å². The molecule has 0 bridgehead atoms. The van der Waals surface area contributed by atoms with E-state index in [0.29, 0.717) is 18.4 Å². The van der Waals surface area contributed by atoms with Crippen LogP contribution in [0.25, 0.3) is 0 Å². The molecular weight excluding hydrogens is 304 g/mol. The van der Waals surface area contributed by atoms with Crippen molar-refractivity contribution in [1.29, 1.82) is 0 Å². The van der Waals surface area contributed by atoms with E-state index in [1.54, 1.807) is 0 Å². The number of rotatable bonds is 10. The zero-order valence-electron chi connectivity index (χ0n) is 16.4. The lowest BCUT2D eigenvalue weighted by atomic mass is 9.82. The van der Waals surface area contributed by atoms with Crippen molar-refractivity contribution < 1.29 is 4.74 Å². The Labute approximate surface area is 154 Å². The van der Waals surface area contributed by atoms with E-state index in [1.807, 2.05) is 6.07 Å². The molecule has 0 heterocycles. The average Bonchev–Trinajstić information content (AvgIpc) is 2.61. The van der Waals surface area contributed by atoms with E-state index in [2.05, 4.69) is 76.2 Å². The van der Waals surface area contributed by atoms with E-state index in [-0.39, 0.29) is 0 Å². The fourth-order valence-corrected chi connectivity index (χ4v) is 3.59. The molecule has 0 aliphatic rings. The van der Waals surface area contributed by atoms with E-state index >= 15 is 0 Å². The molecule has 2 atom stereocenters. The Morgan fingerprint density at radius 3 is 2.32 bits per heavy atom. The van der Waals surface area contributed by atoms with Gasteiger partial charge in [-0.25, -0.2) is 0 Å². The van der Waals surface area contributed by atoms with Gasteiger partial charge in [-0.2, -0.15) is 0 Å². The Kier molecular flexibility index (Phi) is 8.04. The van der Waals surface area contributed by atoms with Crippen LogP contribution in [-0.4, -0.2) is 0 Å². The maximum atomic E-state index is 6.02. The summed E-state index contributed by atoms with van der Waals surface area (Å²) < 4.78 is 6.02. The molecule has 0 saturated heterocycles. The summed E-state index contributed by atoms with van der Waals surface area (Å²) in [5.74, 6) is 3.12. The van der Waals surface area contributed by atoms with Gasteiger partial charge in [0.05, 0.1) is 0 Å². The lowest BCUT2D eigenvalue weighted by Crippen LogP contribution is -2.10. The quantitative estimate of drug-likeness (QED) is 0.444. The normalized spacial score (nSPS) is 13.6. The topological polar surface area (TPSA) is 9.23 Å². The van der Waals surface area contributed by atoms with E-state index in [1.165, 1.54) is 36.8 Å². The number of hydrogen-bond donors (Lipinski definition) is 0. The molecule has 0 N–H and O–H groups in total. The van der Waals surface area contributed by atoms with Gasteiger partial charge in [0.15, 0.2) is 0 Å². The van der Waals surface area contributed by atoms with Gasteiger partial charge < -0.3 is 4.74 Å². The molecule has 2 unspecified atom stereocenters. The van der Waals surface area contributed by atoms with E-state index in [0.717, 1.165) is 11.7 Å². The van der Waals surface area contributed by atoms with Gasteiger partial charge in [0.1, 0.15) is 12.4 Å². The Hall–Kier alpha value is -1.76. The second kappa shape index (κ2) is 10.3. The zero-order chi connectivity index (χ0) is 18.1. The Bertz CT molecular complexity index is 603. The van der Waals surface area contributed by atoms with Crippen molar-refractivity contribution in [3.05, 3.63) is 65.7 Å². The second-order valence-corrected chi connectivity index (χ2v) is 7.66. The summed E-state index contributed by atoms with van der Waals surface area (Å²) >= 11 is 0. The molecule has 1 nitrogen and oxygen atoms in total. The molecule has 1 heteroatoms. The van der Waals surface area contributed by atoms with Crippen molar-refractivity contribution >= 4 is 0 Å². The minimum atomic E-state index is 0.618. The molecule has 136 valence electrons. The van der Waals surface area contributed by atoms with Crippen LogP contribution in [0.2, 0.25) is 0 Å². The van der Waals surface area contributed by atoms with Crippen molar-refractivity contribution in [2.24, 2.45) is 11.8 Å². The largest absolute Gasteiger partial charge is 0.489 e. The highest BCUT2D eigenvalue weighted by atomic mass is 16.5. The van der Waals surface area contributed by atoms with Crippen LogP contribution in [0.3, 0.4) is 0 Å². The van der Waals surface area contributed by atoms with Crippen LogP contribution >= 0.6 is 0 Å². The molecule has 0 amide bonds. The molecule has 2 aromatic carbocycles. The third-order valence-electron chi connectivity index (χ3n) is 5.10. The fourth-order valence-electron chi connectivity index (χ4n) is 3.59. The van der Waals surface area contributed by atoms with Crippen LogP contribution in [0.4, 0.5) is 0 Å². The molecule has 0 radical (unpaired) electrons. The highest BCUT2D eigenvalue weighted by Gasteiger charge is 2.18. The molecule has 0 spiro atoms. The molecule has 0 aliphatic carbocycles. The fraction of sp³-hybridized carbons (Fsp3) is 0.500. The summed E-state index contributed by atoms with van der Waals surface area (Å²) in [6.45, 7) is 9.98. The lowest BCUT2D eigenvalue weighted by Gasteiger charge is -2.24. The first kappa shape index (κ1) is 19.6. The SMILES string of the molecule is CCC(c1cccc(OCc2ccccc2)c1)C(C)CCCC(C)C. The summed E-state index contributed by atoms with van der Waals surface area (Å²) in [7, 11) is 0. The van der Waals surface area contributed by atoms with Crippen LogP contribution in [0.15, 0.2) is 54.6 Å². The monoisotopic (exact) mass is 338 g/mol. The molecule has 0 saturated carbocycles. The summed E-state index contributed by atoms with van der Waals surface area (Å²) in [5, 5.41) is 0. The number of hydrogen-bond acceptors (Lipinski definition) is 1. The molecule has 0 aromatic heterocycles. The molecule has 2 rings (SSSR count). The Morgan fingerprint density at radius 1 is 0.880 bits per heavy atom. The molecule has 0 aliphatic heterocycles. The van der Waals surface area contributed by atoms with Crippen molar-refractivity contribution in [3.8, 4) is 5.75 Å². The Morgan fingerprint density at radius 2 is 1.64 bits per heavy atom. The second-order valence-electron chi connectivity index (χ2n) is 7.66. The number of benzene rings is 2. The summed E-state index contributed by atoms with van der Waals surface area (Å²) in [4.78, 5) is 0. The first-order chi connectivity index (χ1) is 12.1. The number of ether oxygens (including phenoxy) is 1. The first-order valence-corrected chi connectivity index (χ1v) is 9.86. The van der Waals surface area contributed by atoms with E-state index < -0.39 is 0 Å². The third-order valence-corrected chi connectivity index (χ3v) is 5.10. The summed E-state index contributed by atoms with van der Waals surface area (Å²) in [6, 6.07) is 19.1. The van der Waals surface area contributed by atoms with Crippen molar-refractivity contribution in [2.75, 3.05) is 0 Å². The predicted octanol–water partition coefficient (Wildman–Crippen LogP) is 7.22. The highest BCUT2D eigenvalue weighted by Crippen LogP contribution is 2.33. The van der Waals surface area contributed by atoms with Gasteiger partial charge in [-0.1, -0.05) is 89.4 Å². The average molecular weight is 339 g/mol. The Balaban J connectivity index is 1.97. The van der Waals surface area contributed by atoms with Crippen LogP contribution in [0.1, 0.15) is 70.4 Å². The third kappa shape index (κ3) is 6.57. The molecular formula is C24H34O. The van der Waals surface area contributed by atoms with E-state index in [4.69, 9.17) is 4.74 Å². The minimum absolute atomic E-state index is 0.618. The van der Waals surface area contributed by atoms with Gasteiger partial charge in [0.2, 0.25) is 0 Å². The smallest absolute Gasteiger partial charge is 0.120 e. The molecule has 0 fully saturated rings. The zero-order valence-corrected chi connectivity index (χ0v) is 16.4. The summed E-state index contributed by atoms with van der Waals surface area (Å²) in [6.07, 6.45) is 5.16. The molecule has 25 heavy (non-hydrogen) atoms. The standard InChI is InChI=1S/C24H34O/c1-5-24(20(4)12-9-11-19(2)3)22-15-10-16-23(17-22)25-18-21-13-7-6-8-14-21/h6-8,10,13-17,19-20,24H,5,9,11-12,18H2,1-4H3. The predicted molar refractivity (Wildman–Crippen MR) is 108 cm³/mol.